The molecule has 0 amide bonds. The van der Waals surface area contributed by atoms with Gasteiger partial charge in [-0.05, 0) is 103 Å². The van der Waals surface area contributed by atoms with Crippen molar-refractivity contribution in [3.05, 3.63) is 174 Å². The van der Waals surface area contributed by atoms with E-state index >= 15 is 0 Å². The van der Waals surface area contributed by atoms with Crippen LogP contribution in [0.15, 0.2) is 146 Å². The predicted molar refractivity (Wildman–Crippen MR) is 261 cm³/mol. The number of benzene rings is 5. The van der Waals surface area contributed by atoms with Crippen molar-refractivity contribution >= 4 is 56.8 Å². The highest BCUT2D eigenvalue weighted by Crippen LogP contribution is 2.29. The number of nitrogens with zero attached hydrogens (tertiary/aromatic N) is 3. The molecule has 0 unspecified atom stereocenters. The lowest BCUT2D eigenvalue weighted by Crippen LogP contribution is -2.18. The Bertz CT molecular complexity index is 2800. The molecule has 0 saturated heterocycles. The number of anilines is 1. The molecule has 0 bridgehead atoms. The summed E-state index contributed by atoms with van der Waals surface area (Å²) in [4.78, 5) is 54.1. The maximum Gasteiger partial charge on any atom is 0.384 e. The molecule has 5 aromatic carbocycles. The van der Waals surface area contributed by atoms with Crippen LogP contribution in [0.4, 0.5) is 5.13 Å². The van der Waals surface area contributed by atoms with Crippen LogP contribution >= 0.6 is 11.3 Å². The molecule has 14 heteroatoms. The third-order valence-corrected chi connectivity index (χ3v) is 10.6. The molecule has 0 aliphatic carbocycles. The fourth-order valence-electron chi connectivity index (χ4n) is 6.08. The number of ether oxygens (including phenoxy) is 6. The molecule has 13 nitrogen and oxygen atoms in total. The Morgan fingerprint density at radius 2 is 1.37 bits per heavy atom. The molecule has 0 aliphatic heterocycles. The monoisotopic (exact) mass is 929 g/mol. The Hall–Kier alpha value is -8.46. The second kappa shape index (κ2) is 25.9. The molecule has 1 heterocycles. The molecule has 6 aromatic rings. The number of carbonyl (C=O) groups is 4. The van der Waals surface area contributed by atoms with E-state index in [0.717, 1.165) is 27.4 Å². The van der Waals surface area contributed by atoms with Crippen molar-refractivity contribution in [2.45, 2.75) is 25.7 Å². The highest BCUT2D eigenvalue weighted by molar-refractivity contribution is 7.22. The lowest BCUT2D eigenvalue weighted by molar-refractivity contribution is -0.138. The molecular weight excluding hydrogens is 883 g/mol. The molecular formula is C54H47N3O10S. The van der Waals surface area contributed by atoms with Gasteiger partial charge in [-0.1, -0.05) is 60.1 Å². The molecule has 0 atom stereocenters. The Balaban J connectivity index is 1.10. The van der Waals surface area contributed by atoms with E-state index in [1.165, 1.54) is 23.6 Å². The maximum absolute atomic E-state index is 13.7. The van der Waals surface area contributed by atoms with Crippen molar-refractivity contribution in [1.29, 1.82) is 0 Å². The predicted octanol–water partition coefficient (Wildman–Crippen LogP) is 9.17. The Morgan fingerprint density at radius 3 is 2.03 bits per heavy atom. The Kier molecular flexibility index (Phi) is 18.6. The van der Waals surface area contributed by atoms with Crippen LogP contribution in [0.1, 0.15) is 62.2 Å². The highest BCUT2D eigenvalue weighted by Gasteiger charge is 2.17. The maximum atomic E-state index is 13.7. The smallest absolute Gasteiger partial charge is 0.384 e. The zero-order valence-corrected chi connectivity index (χ0v) is 37.9. The summed E-state index contributed by atoms with van der Waals surface area (Å²) >= 11 is 1.49. The molecule has 0 fully saturated rings. The Labute approximate surface area is 398 Å². The summed E-state index contributed by atoms with van der Waals surface area (Å²) in [7, 11) is 0. The quantitative estimate of drug-likeness (QED) is 0.00576. The number of fused-ring (bicyclic) bond motifs is 1. The average Bonchev–Trinajstić information content (AvgIpc) is 3.80. The SMILES string of the molecule is C#CC(=O)OCCCOc1ccc(CCOC(=O)c2ccc(OC(=O)c3ccc(C#Cc4ccc(OCCCOC(=O)C=C)cc4)cc3)cc2/C=N/N(CCC=C)c2nc3ccccc3s2)cc1. The van der Waals surface area contributed by atoms with Crippen LogP contribution in [-0.2, 0) is 30.2 Å². The minimum absolute atomic E-state index is 0.0882. The molecule has 0 saturated carbocycles. The van der Waals surface area contributed by atoms with Gasteiger partial charge >= 0.3 is 23.9 Å². The number of carbonyl (C=O) groups excluding carboxylic acids is 4. The summed E-state index contributed by atoms with van der Waals surface area (Å²) in [6.45, 7) is 8.92. The van der Waals surface area contributed by atoms with E-state index in [0.29, 0.717) is 78.8 Å². The second-order valence-corrected chi connectivity index (χ2v) is 15.5. The fourth-order valence-corrected chi connectivity index (χ4v) is 7.03. The topological polar surface area (TPSA) is 152 Å². The number of esters is 4. The third kappa shape index (κ3) is 15.3. The first-order valence-corrected chi connectivity index (χ1v) is 22.3. The molecule has 0 N–H and O–H groups in total. The van der Waals surface area contributed by atoms with Gasteiger partial charge in [0, 0.05) is 54.5 Å². The minimum atomic E-state index is -0.709. The van der Waals surface area contributed by atoms with E-state index in [1.54, 1.807) is 47.5 Å². The zero-order chi connectivity index (χ0) is 47.9. The van der Waals surface area contributed by atoms with Gasteiger partial charge in [0.25, 0.3) is 0 Å². The number of thiazole rings is 1. The van der Waals surface area contributed by atoms with Gasteiger partial charge < -0.3 is 28.4 Å². The molecule has 1 aromatic heterocycles. The van der Waals surface area contributed by atoms with Crippen LogP contribution < -0.4 is 19.2 Å². The molecule has 68 heavy (non-hydrogen) atoms. The van der Waals surface area contributed by atoms with Crippen LogP contribution in [0.25, 0.3) is 10.2 Å². The van der Waals surface area contributed by atoms with Crippen molar-refractivity contribution in [2.75, 3.05) is 44.6 Å². The molecule has 0 aliphatic rings. The lowest BCUT2D eigenvalue weighted by Gasteiger charge is -2.15. The molecule has 6 rings (SSSR count). The second-order valence-electron chi connectivity index (χ2n) is 14.5. The number of terminal acetylenes is 1. The van der Waals surface area contributed by atoms with Crippen LogP contribution in [0.3, 0.4) is 0 Å². The van der Waals surface area contributed by atoms with Gasteiger partial charge in [0.05, 0.1) is 60.6 Å². The first kappa shape index (κ1) is 49.0. The first-order chi connectivity index (χ1) is 33.2. The normalized spacial score (nSPS) is 10.5. The van der Waals surface area contributed by atoms with E-state index < -0.39 is 23.9 Å². The van der Waals surface area contributed by atoms with Crippen molar-refractivity contribution in [3.8, 4) is 41.4 Å². The summed E-state index contributed by atoms with van der Waals surface area (Å²) < 4.78 is 33.7. The van der Waals surface area contributed by atoms with Crippen molar-refractivity contribution < 1.29 is 47.6 Å². The van der Waals surface area contributed by atoms with Crippen LogP contribution in [0.2, 0.25) is 0 Å². The molecule has 0 radical (unpaired) electrons. The summed E-state index contributed by atoms with van der Waals surface area (Å²) in [6, 6.07) is 33.8. The zero-order valence-electron chi connectivity index (χ0n) is 37.1. The fraction of sp³-hybridized carbons (Fsp3) is 0.185. The lowest BCUT2D eigenvalue weighted by atomic mass is 10.1. The van der Waals surface area contributed by atoms with E-state index in [4.69, 9.17) is 44.9 Å². The first-order valence-electron chi connectivity index (χ1n) is 21.5. The van der Waals surface area contributed by atoms with Crippen LogP contribution in [-0.4, -0.2) is 74.7 Å². The average molecular weight is 930 g/mol. The summed E-state index contributed by atoms with van der Waals surface area (Å²) in [5.41, 5.74) is 4.08. The number of para-hydroxylation sites is 1. The number of rotatable bonds is 23. The Morgan fingerprint density at radius 1 is 0.721 bits per heavy atom. The third-order valence-electron chi connectivity index (χ3n) is 9.59. The van der Waals surface area contributed by atoms with E-state index in [2.05, 4.69) is 25.0 Å². The van der Waals surface area contributed by atoms with Crippen molar-refractivity contribution in [3.63, 3.8) is 0 Å². The summed E-state index contributed by atoms with van der Waals surface area (Å²) in [5, 5.41) is 7.16. The number of hydrogen-bond acceptors (Lipinski definition) is 14. The van der Waals surface area contributed by atoms with Gasteiger partial charge in [-0.25, -0.2) is 29.2 Å². The number of hydrogen-bond donors (Lipinski definition) is 0. The summed E-state index contributed by atoms with van der Waals surface area (Å²) in [5.74, 6) is 7.22. The number of hydrazone groups is 1. The van der Waals surface area contributed by atoms with Crippen LogP contribution in [0, 0.1) is 24.2 Å². The van der Waals surface area contributed by atoms with Gasteiger partial charge in [0.15, 0.2) is 0 Å². The van der Waals surface area contributed by atoms with Gasteiger partial charge in [-0.15, -0.1) is 13.0 Å². The number of aromatic nitrogens is 1. The van der Waals surface area contributed by atoms with E-state index in [9.17, 15) is 19.2 Å². The van der Waals surface area contributed by atoms with E-state index in [1.807, 2.05) is 78.7 Å². The van der Waals surface area contributed by atoms with Crippen molar-refractivity contribution in [1.82, 2.24) is 4.98 Å². The van der Waals surface area contributed by atoms with Gasteiger partial charge in [0.2, 0.25) is 5.13 Å². The minimum Gasteiger partial charge on any atom is -0.493 e. The standard InChI is InChI=1S/C54H47N3O10S/c1-4-7-31-57(54-56-48-12-8-9-13-49(48)68-54)55-38-43-37-46(28-29-47(43)53(61)66-36-30-41-20-26-45(27-21-41)63-33-11-35-65-51(59)6-3)67-52(60)42-22-16-39(17-23-42)14-15-40-18-24-44(25-19-40)62-32-10-34-64-50(58)5-2/h3-5,8-9,12-13,16-29,37-38H,1-2,7,10-11,30-36H2/b55-38+. The molecule has 0 spiro atoms. The van der Waals surface area contributed by atoms with Gasteiger partial charge in [-0.2, -0.15) is 5.10 Å². The molecule has 344 valence electrons. The summed E-state index contributed by atoms with van der Waals surface area (Å²) in [6.07, 6.45) is 11.5. The van der Waals surface area contributed by atoms with Crippen LogP contribution in [0.5, 0.6) is 17.2 Å². The van der Waals surface area contributed by atoms with E-state index in [-0.39, 0.29) is 31.1 Å². The van der Waals surface area contributed by atoms with Gasteiger partial charge in [0.1, 0.15) is 17.2 Å². The largest absolute Gasteiger partial charge is 0.493 e. The van der Waals surface area contributed by atoms with Crippen molar-refractivity contribution in [2.24, 2.45) is 5.10 Å². The highest BCUT2D eigenvalue weighted by atomic mass is 32.1. The van der Waals surface area contributed by atoms with Gasteiger partial charge in [-0.3, -0.25) is 0 Å².